The lowest BCUT2D eigenvalue weighted by Crippen LogP contribution is -2.43. The molecule has 2 heterocycles. The zero-order valence-corrected chi connectivity index (χ0v) is 19.2. The summed E-state index contributed by atoms with van der Waals surface area (Å²) in [6, 6.07) is 21.2. The highest BCUT2D eigenvalue weighted by Crippen LogP contribution is 2.31. The third-order valence-corrected chi connectivity index (χ3v) is 6.20. The number of piperidine rings is 1. The second-order valence-electron chi connectivity index (χ2n) is 8.39. The Balaban J connectivity index is 1.53. The maximum absolute atomic E-state index is 13.2. The summed E-state index contributed by atoms with van der Waals surface area (Å²) in [5.74, 6) is 1.54. The number of hydrogen-bond donors (Lipinski definition) is 1. The Hall–Kier alpha value is -3.38. The maximum Gasteiger partial charge on any atom is 0.255 e. The molecule has 1 aliphatic heterocycles. The molecule has 0 saturated carbocycles. The Labute approximate surface area is 195 Å². The number of methoxy groups -OCH3 is 2. The van der Waals surface area contributed by atoms with Gasteiger partial charge in [-0.25, -0.2) is 0 Å². The molecule has 0 spiro atoms. The van der Waals surface area contributed by atoms with E-state index < -0.39 is 0 Å². The fourth-order valence-corrected chi connectivity index (χ4v) is 4.58. The van der Waals surface area contributed by atoms with Crippen LogP contribution in [0.3, 0.4) is 0 Å². The van der Waals surface area contributed by atoms with Crippen molar-refractivity contribution in [3.63, 3.8) is 0 Å². The van der Waals surface area contributed by atoms with Crippen LogP contribution < -0.4 is 14.8 Å². The van der Waals surface area contributed by atoms with Crippen molar-refractivity contribution in [2.75, 3.05) is 27.3 Å². The topological polar surface area (TPSA) is 63.7 Å². The summed E-state index contributed by atoms with van der Waals surface area (Å²) in [6.07, 6.45) is 3.89. The summed E-state index contributed by atoms with van der Waals surface area (Å²) in [6.45, 7) is 2.76. The Morgan fingerprint density at radius 3 is 2.73 bits per heavy atom. The number of hydrogen-bond acceptors (Lipinski definition) is 5. The zero-order chi connectivity index (χ0) is 23.0. The van der Waals surface area contributed by atoms with E-state index in [0.29, 0.717) is 11.3 Å². The van der Waals surface area contributed by atoms with Gasteiger partial charge in [0.1, 0.15) is 11.5 Å². The number of amides is 1. The van der Waals surface area contributed by atoms with E-state index in [1.807, 2.05) is 42.5 Å². The lowest BCUT2D eigenvalue weighted by Gasteiger charge is -2.37. The number of pyridine rings is 1. The van der Waals surface area contributed by atoms with Gasteiger partial charge in [-0.05, 0) is 67.3 Å². The van der Waals surface area contributed by atoms with Crippen LogP contribution in [0.5, 0.6) is 11.5 Å². The minimum atomic E-state index is -0.184. The molecule has 0 bridgehead atoms. The van der Waals surface area contributed by atoms with Gasteiger partial charge in [-0.2, -0.15) is 0 Å². The SMILES string of the molecule is COc1cccc(CN2CCC[C@@H]([C@@H](NC(=O)c3ccccc3OC)c3ccccn3)C2)c1. The molecule has 6 nitrogen and oxygen atoms in total. The molecule has 1 amide bonds. The Morgan fingerprint density at radius 2 is 1.94 bits per heavy atom. The summed E-state index contributed by atoms with van der Waals surface area (Å²) in [5, 5.41) is 3.27. The Kier molecular flexibility index (Phi) is 7.58. The van der Waals surface area contributed by atoms with Gasteiger partial charge in [0.15, 0.2) is 0 Å². The van der Waals surface area contributed by atoms with Gasteiger partial charge in [-0.1, -0.05) is 30.3 Å². The molecular formula is C27H31N3O3. The van der Waals surface area contributed by atoms with Crippen molar-refractivity contribution < 1.29 is 14.3 Å². The van der Waals surface area contributed by atoms with Crippen molar-refractivity contribution in [1.82, 2.24) is 15.2 Å². The number of likely N-dealkylation sites (tertiary alicyclic amines) is 1. The van der Waals surface area contributed by atoms with E-state index in [1.165, 1.54) is 5.56 Å². The molecule has 6 heteroatoms. The lowest BCUT2D eigenvalue weighted by atomic mass is 9.88. The number of aromatic nitrogens is 1. The molecule has 2 aromatic carbocycles. The zero-order valence-electron chi connectivity index (χ0n) is 19.2. The van der Waals surface area contributed by atoms with Gasteiger partial charge in [0.2, 0.25) is 0 Å². The number of benzene rings is 2. The van der Waals surface area contributed by atoms with Gasteiger partial charge >= 0.3 is 0 Å². The van der Waals surface area contributed by atoms with E-state index in [-0.39, 0.29) is 17.9 Å². The van der Waals surface area contributed by atoms with Crippen LogP contribution in [0.2, 0.25) is 0 Å². The van der Waals surface area contributed by atoms with Crippen molar-refractivity contribution in [3.05, 3.63) is 89.7 Å². The number of para-hydroxylation sites is 1. The normalized spacial score (nSPS) is 17.2. The first kappa shape index (κ1) is 22.8. The first-order valence-electron chi connectivity index (χ1n) is 11.4. The first-order chi connectivity index (χ1) is 16.2. The van der Waals surface area contributed by atoms with Crippen molar-refractivity contribution in [1.29, 1.82) is 0 Å². The Morgan fingerprint density at radius 1 is 1.09 bits per heavy atom. The number of rotatable bonds is 8. The van der Waals surface area contributed by atoms with E-state index >= 15 is 0 Å². The van der Waals surface area contributed by atoms with E-state index in [0.717, 1.165) is 43.9 Å². The summed E-state index contributed by atoms with van der Waals surface area (Å²) >= 11 is 0. The molecular weight excluding hydrogens is 414 g/mol. The predicted octanol–water partition coefficient (Wildman–Crippen LogP) is 4.48. The summed E-state index contributed by atoms with van der Waals surface area (Å²) in [5.41, 5.74) is 2.64. The van der Waals surface area contributed by atoms with Gasteiger partial charge in [0.05, 0.1) is 31.5 Å². The number of ether oxygens (including phenoxy) is 2. The van der Waals surface area contributed by atoms with E-state index in [9.17, 15) is 4.79 Å². The molecule has 172 valence electrons. The van der Waals surface area contributed by atoms with Crippen LogP contribution >= 0.6 is 0 Å². The Bertz CT molecular complexity index is 1060. The van der Waals surface area contributed by atoms with Crippen LogP contribution in [0, 0.1) is 5.92 Å². The number of carbonyl (C=O) groups excluding carboxylic acids is 1. The molecule has 33 heavy (non-hydrogen) atoms. The summed E-state index contributed by atoms with van der Waals surface area (Å²) in [4.78, 5) is 20.3. The standard InChI is InChI=1S/C27H31N3O3/c1-32-22-11-7-9-20(17-22)18-30-16-8-10-21(19-30)26(24-13-5-6-15-28-24)29-27(31)23-12-3-4-14-25(23)33-2/h3-7,9,11-15,17,21,26H,8,10,16,18-19H2,1-2H3,(H,29,31)/t21-,26-/m1/s1. The first-order valence-corrected chi connectivity index (χ1v) is 11.4. The van der Waals surface area contributed by atoms with Gasteiger partial charge in [0, 0.05) is 19.3 Å². The molecule has 3 aromatic rings. The molecule has 2 atom stereocenters. The van der Waals surface area contributed by atoms with Crippen LogP contribution in [0.15, 0.2) is 72.9 Å². The van der Waals surface area contributed by atoms with Gasteiger partial charge in [-0.15, -0.1) is 0 Å². The minimum Gasteiger partial charge on any atom is -0.497 e. The van der Waals surface area contributed by atoms with Crippen LogP contribution in [-0.2, 0) is 6.54 Å². The van der Waals surface area contributed by atoms with E-state index in [2.05, 4.69) is 27.3 Å². The number of nitrogens with one attached hydrogen (secondary N) is 1. The molecule has 0 aliphatic carbocycles. The van der Waals surface area contributed by atoms with Crippen LogP contribution in [0.25, 0.3) is 0 Å². The van der Waals surface area contributed by atoms with Crippen LogP contribution in [0.4, 0.5) is 0 Å². The molecule has 1 saturated heterocycles. The summed E-state index contributed by atoms with van der Waals surface area (Å²) < 4.78 is 10.8. The van der Waals surface area contributed by atoms with Gasteiger partial charge in [0.25, 0.3) is 5.91 Å². The largest absolute Gasteiger partial charge is 0.497 e. The number of carbonyl (C=O) groups is 1. The van der Waals surface area contributed by atoms with Crippen molar-refractivity contribution in [3.8, 4) is 11.5 Å². The van der Waals surface area contributed by atoms with E-state index in [1.54, 1.807) is 32.5 Å². The maximum atomic E-state index is 13.2. The minimum absolute atomic E-state index is 0.145. The average molecular weight is 446 g/mol. The molecule has 1 aromatic heterocycles. The number of nitrogens with zero attached hydrogens (tertiary/aromatic N) is 2. The molecule has 1 N–H and O–H groups in total. The molecule has 4 rings (SSSR count). The quantitative estimate of drug-likeness (QED) is 0.554. The third kappa shape index (κ3) is 5.71. The predicted molar refractivity (Wildman–Crippen MR) is 128 cm³/mol. The monoisotopic (exact) mass is 445 g/mol. The highest BCUT2D eigenvalue weighted by Gasteiger charge is 2.31. The van der Waals surface area contributed by atoms with Crippen LogP contribution in [-0.4, -0.2) is 43.1 Å². The fourth-order valence-electron chi connectivity index (χ4n) is 4.58. The average Bonchev–Trinajstić information content (AvgIpc) is 2.88. The summed E-state index contributed by atoms with van der Waals surface area (Å²) in [7, 11) is 3.28. The van der Waals surface area contributed by atoms with Crippen molar-refractivity contribution >= 4 is 5.91 Å². The van der Waals surface area contributed by atoms with Gasteiger partial charge < -0.3 is 14.8 Å². The molecule has 0 unspecified atom stereocenters. The van der Waals surface area contributed by atoms with E-state index in [4.69, 9.17) is 9.47 Å². The van der Waals surface area contributed by atoms with Crippen LogP contribution in [0.1, 0.15) is 40.5 Å². The second-order valence-corrected chi connectivity index (χ2v) is 8.39. The van der Waals surface area contributed by atoms with Gasteiger partial charge in [-0.3, -0.25) is 14.7 Å². The fraction of sp³-hybridized carbons (Fsp3) is 0.333. The highest BCUT2D eigenvalue weighted by molar-refractivity contribution is 5.97. The smallest absolute Gasteiger partial charge is 0.255 e. The van der Waals surface area contributed by atoms with Crippen molar-refractivity contribution in [2.24, 2.45) is 5.92 Å². The van der Waals surface area contributed by atoms with Crippen molar-refractivity contribution in [2.45, 2.75) is 25.4 Å². The highest BCUT2D eigenvalue weighted by atomic mass is 16.5. The third-order valence-electron chi connectivity index (χ3n) is 6.20. The molecule has 1 fully saturated rings. The second kappa shape index (κ2) is 11.0. The molecule has 1 aliphatic rings. The lowest BCUT2D eigenvalue weighted by molar-refractivity contribution is 0.0872. The molecule has 0 radical (unpaired) electrons.